The molecule has 5 nitrogen and oxygen atoms in total. The van der Waals surface area contributed by atoms with Crippen LogP contribution in [0.3, 0.4) is 0 Å². The minimum absolute atomic E-state index is 0.0385. The highest BCUT2D eigenvalue weighted by Crippen LogP contribution is 2.21. The summed E-state index contributed by atoms with van der Waals surface area (Å²) in [6.45, 7) is 6.03. The number of pyridine rings is 1. The number of nitrogens with zero attached hydrogens (tertiary/aromatic N) is 2. The Morgan fingerprint density at radius 2 is 2.09 bits per heavy atom. The van der Waals surface area contributed by atoms with Crippen LogP contribution >= 0.6 is 0 Å². The lowest BCUT2D eigenvalue weighted by Gasteiger charge is -2.29. The Morgan fingerprint density at radius 1 is 1.36 bits per heavy atom. The second-order valence-corrected chi connectivity index (χ2v) is 6.40. The van der Waals surface area contributed by atoms with Crippen molar-refractivity contribution in [3.8, 4) is 0 Å². The molecule has 2 N–H and O–H groups in total. The summed E-state index contributed by atoms with van der Waals surface area (Å²) in [6.07, 6.45) is 6.03. The van der Waals surface area contributed by atoms with Crippen LogP contribution in [-0.2, 0) is 0 Å². The molecule has 0 bridgehead atoms. The molecule has 1 aliphatic rings. The van der Waals surface area contributed by atoms with E-state index in [1.165, 1.54) is 6.42 Å². The van der Waals surface area contributed by atoms with Crippen molar-refractivity contribution in [3.63, 3.8) is 0 Å². The molecule has 1 aliphatic heterocycles. The van der Waals surface area contributed by atoms with Gasteiger partial charge in [0.1, 0.15) is 5.82 Å². The zero-order valence-corrected chi connectivity index (χ0v) is 13.6. The minimum Gasteiger partial charge on any atom is -0.394 e. The van der Waals surface area contributed by atoms with E-state index in [-0.39, 0.29) is 18.6 Å². The van der Waals surface area contributed by atoms with Crippen LogP contribution in [0.4, 0.5) is 5.82 Å². The molecule has 22 heavy (non-hydrogen) atoms. The molecule has 1 amide bonds. The van der Waals surface area contributed by atoms with Gasteiger partial charge in [-0.15, -0.1) is 0 Å². The van der Waals surface area contributed by atoms with Gasteiger partial charge in [0.25, 0.3) is 5.91 Å². The molecule has 0 saturated carbocycles. The number of piperidine rings is 1. The Balaban J connectivity index is 2.11. The number of amides is 1. The molecule has 0 aromatic carbocycles. The summed E-state index contributed by atoms with van der Waals surface area (Å²) < 4.78 is 0. The number of aromatic nitrogens is 1. The predicted molar refractivity (Wildman–Crippen MR) is 88.1 cm³/mol. The smallest absolute Gasteiger partial charge is 0.255 e. The van der Waals surface area contributed by atoms with Gasteiger partial charge < -0.3 is 15.3 Å². The average Bonchev–Trinajstić information content (AvgIpc) is 2.54. The number of hydrogen-bond donors (Lipinski definition) is 2. The van der Waals surface area contributed by atoms with Crippen molar-refractivity contribution in [2.45, 2.75) is 45.6 Å². The number of anilines is 1. The summed E-state index contributed by atoms with van der Waals surface area (Å²) in [5, 5.41) is 12.4. The van der Waals surface area contributed by atoms with Gasteiger partial charge in [0.05, 0.1) is 18.2 Å². The maximum Gasteiger partial charge on any atom is 0.255 e. The van der Waals surface area contributed by atoms with Crippen LogP contribution in [0.5, 0.6) is 0 Å². The Morgan fingerprint density at radius 3 is 2.73 bits per heavy atom. The van der Waals surface area contributed by atoms with Gasteiger partial charge in [-0.3, -0.25) is 4.79 Å². The second-order valence-electron chi connectivity index (χ2n) is 6.40. The third-order valence-electron chi connectivity index (χ3n) is 4.00. The first-order chi connectivity index (χ1) is 10.6. The molecular weight excluding hydrogens is 278 g/mol. The van der Waals surface area contributed by atoms with Crippen LogP contribution in [0, 0.1) is 5.92 Å². The quantitative estimate of drug-likeness (QED) is 0.846. The van der Waals surface area contributed by atoms with Crippen LogP contribution in [-0.4, -0.2) is 41.7 Å². The fraction of sp³-hybridized carbons (Fsp3) is 0.647. The number of carbonyl (C=O) groups is 1. The third kappa shape index (κ3) is 4.44. The summed E-state index contributed by atoms with van der Waals surface area (Å²) in [6, 6.07) is 3.40. The monoisotopic (exact) mass is 305 g/mol. The van der Waals surface area contributed by atoms with Crippen molar-refractivity contribution >= 4 is 11.7 Å². The molecule has 1 fully saturated rings. The van der Waals surface area contributed by atoms with Crippen LogP contribution in [0.1, 0.15) is 49.9 Å². The predicted octanol–water partition coefficient (Wildman–Crippen LogP) is 2.21. The average molecular weight is 305 g/mol. The molecule has 1 aromatic heterocycles. The van der Waals surface area contributed by atoms with Crippen LogP contribution < -0.4 is 10.2 Å². The van der Waals surface area contributed by atoms with Gasteiger partial charge in [-0.25, -0.2) is 4.98 Å². The molecule has 1 aromatic rings. The summed E-state index contributed by atoms with van der Waals surface area (Å²) in [5.41, 5.74) is 0.603. The molecule has 0 aliphatic carbocycles. The number of rotatable bonds is 6. The van der Waals surface area contributed by atoms with Crippen molar-refractivity contribution in [3.05, 3.63) is 23.9 Å². The van der Waals surface area contributed by atoms with Gasteiger partial charge in [0.15, 0.2) is 0 Å². The normalized spacial score (nSPS) is 16.6. The van der Waals surface area contributed by atoms with E-state index in [0.29, 0.717) is 11.5 Å². The molecule has 122 valence electrons. The van der Waals surface area contributed by atoms with E-state index >= 15 is 0 Å². The van der Waals surface area contributed by atoms with Gasteiger partial charge in [-0.1, -0.05) is 13.8 Å². The van der Waals surface area contributed by atoms with Gasteiger partial charge >= 0.3 is 0 Å². The van der Waals surface area contributed by atoms with E-state index in [1.54, 1.807) is 12.3 Å². The number of nitrogens with one attached hydrogen (secondary N) is 1. The number of aliphatic hydroxyl groups is 1. The summed E-state index contributed by atoms with van der Waals surface area (Å²) in [5.74, 6) is 1.04. The fourth-order valence-electron chi connectivity index (χ4n) is 2.94. The van der Waals surface area contributed by atoms with Crippen molar-refractivity contribution in [1.29, 1.82) is 0 Å². The van der Waals surface area contributed by atoms with Crippen molar-refractivity contribution in [2.24, 2.45) is 5.92 Å². The largest absolute Gasteiger partial charge is 0.394 e. The SMILES string of the molecule is CC(C)CC(CO)NC(=O)c1cccnc1N1CCCCC1. The first-order valence-corrected chi connectivity index (χ1v) is 8.23. The van der Waals surface area contributed by atoms with Crippen LogP contribution in [0.2, 0.25) is 0 Å². The molecule has 1 unspecified atom stereocenters. The highest BCUT2D eigenvalue weighted by Gasteiger charge is 2.21. The molecule has 2 heterocycles. The highest BCUT2D eigenvalue weighted by atomic mass is 16.3. The van der Waals surface area contributed by atoms with Gasteiger partial charge in [0, 0.05) is 19.3 Å². The first kappa shape index (κ1) is 16.7. The van der Waals surface area contributed by atoms with Gasteiger partial charge in [-0.05, 0) is 43.7 Å². The van der Waals surface area contributed by atoms with E-state index in [0.717, 1.165) is 38.2 Å². The third-order valence-corrected chi connectivity index (χ3v) is 4.00. The Kier molecular flexibility index (Phi) is 6.19. The van der Waals surface area contributed by atoms with Gasteiger partial charge in [0.2, 0.25) is 0 Å². The van der Waals surface area contributed by atoms with E-state index < -0.39 is 0 Å². The molecule has 0 spiro atoms. The van der Waals surface area contributed by atoms with Crippen LogP contribution in [0.15, 0.2) is 18.3 Å². The lowest BCUT2D eigenvalue weighted by molar-refractivity contribution is 0.0908. The maximum absolute atomic E-state index is 12.6. The number of aliphatic hydroxyl groups excluding tert-OH is 1. The van der Waals surface area contributed by atoms with Crippen molar-refractivity contribution < 1.29 is 9.90 Å². The van der Waals surface area contributed by atoms with Crippen LogP contribution in [0.25, 0.3) is 0 Å². The molecule has 1 saturated heterocycles. The van der Waals surface area contributed by atoms with Crippen molar-refractivity contribution in [1.82, 2.24) is 10.3 Å². The van der Waals surface area contributed by atoms with E-state index in [1.807, 2.05) is 6.07 Å². The van der Waals surface area contributed by atoms with E-state index in [9.17, 15) is 9.90 Å². The maximum atomic E-state index is 12.6. The molecule has 2 rings (SSSR count). The molecule has 5 heteroatoms. The number of hydrogen-bond acceptors (Lipinski definition) is 4. The fourth-order valence-corrected chi connectivity index (χ4v) is 2.94. The number of carbonyl (C=O) groups excluding carboxylic acids is 1. The standard InChI is InChI=1S/C17H27N3O2/c1-13(2)11-14(12-21)19-17(22)15-7-6-8-18-16(15)20-9-4-3-5-10-20/h6-8,13-14,21H,3-5,9-12H2,1-2H3,(H,19,22). The molecule has 0 radical (unpaired) electrons. The lowest BCUT2D eigenvalue weighted by atomic mass is 10.0. The Hall–Kier alpha value is -1.62. The zero-order valence-electron chi connectivity index (χ0n) is 13.6. The van der Waals surface area contributed by atoms with E-state index in [2.05, 4.69) is 29.0 Å². The molecular formula is C17H27N3O2. The summed E-state index contributed by atoms with van der Waals surface area (Å²) in [7, 11) is 0. The topological polar surface area (TPSA) is 65.5 Å². The second kappa shape index (κ2) is 8.13. The van der Waals surface area contributed by atoms with Crippen molar-refractivity contribution in [2.75, 3.05) is 24.6 Å². The Labute approximate surface area is 132 Å². The summed E-state index contributed by atoms with van der Waals surface area (Å²) in [4.78, 5) is 19.2. The van der Waals surface area contributed by atoms with E-state index in [4.69, 9.17) is 0 Å². The zero-order chi connectivity index (χ0) is 15.9. The highest BCUT2D eigenvalue weighted by molar-refractivity contribution is 5.99. The molecule has 1 atom stereocenters. The van der Waals surface area contributed by atoms with Gasteiger partial charge in [-0.2, -0.15) is 0 Å². The first-order valence-electron chi connectivity index (χ1n) is 8.23. The Bertz CT molecular complexity index is 485. The summed E-state index contributed by atoms with van der Waals surface area (Å²) >= 11 is 0. The minimum atomic E-state index is -0.207. The lowest BCUT2D eigenvalue weighted by Crippen LogP contribution is -2.40.